The molecule has 0 saturated carbocycles. The molecular formula is C20H34N8O3. The molecule has 31 heavy (non-hydrogen) atoms. The van der Waals surface area contributed by atoms with Gasteiger partial charge in [0, 0.05) is 39.8 Å². The van der Waals surface area contributed by atoms with Crippen molar-refractivity contribution in [3.63, 3.8) is 0 Å². The number of carbonyl (C=O) groups excluding carboxylic acids is 2. The second-order valence-corrected chi connectivity index (χ2v) is 8.14. The maximum Gasteiger partial charge on any atom is 0.409 e. The zero-order valence-corrected chi connectivity index (χ0v) is 18.9. The van der Waals surface area contributed by atoms with E-state index in [0.29, 0.717) is 25.7 Å². The fourth-order valence-corrected chi connectivity index (χ4v) is 3.81. The Bertz CT molecular complexity index is 798. The number of ether oxygens (including phenoxy) is 1. The van der Waals surface area contributed by atoms with Crippen molar-refractivity contribution in [1.82, 2.24) is 35.2 Å². The summed E-state index contributed by atoms with van der Waals surface area (Å²) >= 11 is 0. The Morgan fingerprint density at radius 1 is 1.19 bits per heavy atom. The number of hydrogen-bond donors (Lipinski definition) is 2. The predicted octanol–water partition coefficient (Wildman–Crippen LogP) is 0.666. The number of hydrogen-bond acceptors (Lipinski definition) is 6. The molecule has 1 atom stereocenters. The number of aryl methyl sites for hydroxylation is 2. The molecule has 2 N–H and O–H groups in total. The number of likely N-dealkylation sites (tertiary alicyclic amines) is 1. The van der Waals surface area contributed by atoms with Crippen LogP contribution in [0.1, 0.15) is 50.3 Å². The van der Waals surface area contributed by atoms with Gasteiger partial charge in [-0.05, 0) is 39.5 Å². The molecule has 0 aromatic carbocycles. The fourth-order valence-electron chi connectivity index (χ4n) is 3.81. The summed E-state index contributed by atoms with van der Waals surface area (Å²) < 4.78 is 7.04. The molecule has 3 rings (SSSR count). The molecular weight excluding hydrogens is 400 g/mol. The van der Waals surface area contributed by atoms with Crippen LogP contribution in [0.15, 0.2) is 4.99 Å². The second-order valence-electron chi connectivity index (χ2n) is 8.14. The molecule has 0 spiro atoms. The first-order chi connectivity index (χ1) is 14.9. The normalized spacial score (nSPS) is 19.5. The van der Waals surface area contributed by atoms with Crippen LogP contribution in [0.2, 0.25) is 0 Å². The highest BCUT2D eigenvalue weighted by atomic mass is 16.6. The molecule has 1 saturated heterocycles. The van der Waals surface area contributed by atoms with Crippen LogP contribution < -0.4 is 10.6 Å². The molecule has 11 nitrogen and oxygen atoms in total. The van der Waals surface area contributed by atoms with Gasteiger partial charge in [0.05, 0.1) is 12.6 Å². The Labute approximate surface area is 183 Å². The molecule has 1 unspecified atom stereocenters. The van der Waals surface area contributed by atoms with Crippen LogP contribution in [0, 0.1) is 6.92 Å². The third kappa shape index (κ3) is 6.08. The van der Waals surface area contributed by atoms with Gasteiger partial charge >= 0.3 is 6.09 Å². The number of rotatable bonds is 5. The van der Waals surface area contributed by atoms with Crippen molar-refractivity contribution in [2.45, 2.75) is 58.2 Å². The molecule has 3 heterocycles. The van der Waals surface area contributed by atoms with E-state index in [-0.39, 0.29) is 30.6 Å². The number of likely N-dealkylation sites (N-methyl/N-ethyl adjacent to an activating group) is 1. The minimum absolute atomic E-state index is 0.0183. The van der Waals surface area contributed by atoms with E-state index < -0.39 is 0 Å². The van der Waals surface area contributed by atoms with Gasteiger partial charge in [-0.1, -0.05) is 0 Å². The van der Waals surface area contributed by atoms with Gasteiger partial charge < -0.3 is 25.2 Å². The van der Waals surface area contributed by atoms with E-state index in [1.807, 2.05) is 18.5 Å². The highest BCUT2D eigenvalue weighted by Gasteiger charge is 2.27. The maximum atomic E-state index is 12.1. The molecule has 2 amide bonds. The van der Waals surface area contributed by atoms with Crippen LogP contribution in [0.25, 0.3) is 0 Å². The van der Waals surface area contributed by atoms with Gasteiger partial charge in [-0.2, -0.15) is 5.10 Å². The van der Waals surface area contributed by atoms with E-state index in [0.717, 1.165) is 43.9 Å². The summed E-state index contributed by atoms with van der Waals surface area (Å²) in [6, 6.07) is 0.130. The molecule has 2 aliphatic heterocycles. The first kappa shape index (κ1) is 22.8. The first-order valence-electron chi connectivity index (χ1n) is 11.0. The number of nitrogens with zero attached hydrogens (tertiary/aromatic N) is 6. The van der Waals surface area contributed by atoms with Crippen LogP contribution >= 0.6 is 0 Å². The summed E-state index contributed by atoms with van der Waals surface area (Å²) in [6.45, 7) is 6.24. The SMILES string of the molecule is CCOC(=O)N1CCC(NC(=NCC(=O)N(C)C)NC2CCCn3nc(C)nc32)CC1. The van der Waals surface area contributed by atoms with E-state index in [9.17, 15) is 9.59 Å². The van der Waals surface area contributed by atoms with E-state index >= 15 is 0 Å². The number of piperidine rings is 1. The number of carbonyl (C=O) groups is 2. The minimum Gasteiger partial charge on any atom is -0.450 e. The van der Waals surface area contributed by atoms with Crippen LogP contribution in [-0.4, -0.2) is 88.9 Å². The Morgan fingerprint density at radius 2 is 1.94 bits per heavy atom. The number of fused-ring (bicyclic) bond motifs is 1. The van der Waals surface area contributed by atoms with Gasteiger partial charge in [0.1, 0.15) is 18.2 Å². The van der Waals surface area contributed by atoms with Gasteiger partial charge in [0.15, 0.2) is 5.96 Å². The van der Waals surface area contributed by atoms with Gasteiger partial charge in [0.2, 0.25) is 5.91 Å². The third-order valence-electron chi connectivity index (χ3n) is 5.52. The number of aromatic nitrogens is 3. The molecule has 0 aliphatic carbocycles. The van der Waals surface area contributed by atoms with Gasteiger partial charge in [-0.25, -0.2) is 19.5 Å². The summed E-state index contributed by atoms with van der Waals surface area (Å²) in [5, 5.41) is 11.4. The molecule has 172 valence electrons. The molecule has 0 bridgehead atoms. The molecule has 11 heteroatoms. The Kier molecular flexibility index (Phi) is 7.69. The molecule has 1 aromatic rings. The summed E-state index contributed by atoms with van der Waals surface area (Å²) in [5.74, 6) is 2.17. The Balaban J connectivity index is 1.66. The average Bonchev–Trinajstić information content (AvgIpc) is 3.13. The van der Waals surface area contributed by atoms with Crippen molar-refractivity contribution in [2.24, 2.45) is 4.99 Å². The van der Waals surface area contributed by atoms with Crippen molar-refractivity contribution in [2.75, 3.05) is 40.3 Å². The average molecular weight is 435 g/mol. The summed E-state index contributed by atoms with van der Waals surface area (Å²) in [6.07, 6.45) is 3.21. The Hall–Kier alpha value is -2.85. The van der Waals surface area contributed by atoms with Crippen LogP contribution in [0.3, 0.4) is 0 Å². The highest BCUT2D eigenvalue weighted by molar-refractivity contribution is 5.85. The van der Waals surface area contributed by atoms with Crippen molar-refractivity contribution < 1.29 is 14.3 Å². The zero-order chi connectivity index (χ0) is 22.4. The largest absolute Gasteiger partial charge is 0.450 e. The molecule has 1 fully saturated rings. The lowest BCUT2D eigenvalue weighted by Crippen LogP contribution is -2.51. The minimum atomic E-state index is -0.263. The number of aliphatic imine (C=N–C) groups is 1. The summed E-state index contributed by atoms with van der Waals surface area (Å²) in [5.41, 5.74) is 0. The number of amides is 2. The lowest BCUT2D eigenvalue weighted by atomic mass is 10.1. The monoisotopic (exact) mass is 434 g/mol. The quantitative estimate of drug-likeness (QED) is 0.517. The molecule has 2 aliphatic rings. The van der Waals surface area contributed by atoms with Crippen molar-refractivity contribution in [3.8, 4) is 0 Å². The summed E-state index contributed by atoms with van der Waals surface area (Å²) in [7, 11) is 3.44. The smallest absolute Gasteiger partial charge is 0.409 e. The van der Waals surface area contributed by atoms with E-state index in [2.05, 4.69) is 25.7 Å². The second kappa shape index (κ2) is 10.5. The zero-order valence-electron chi connectivity index (χ0n) is 18.9. The van der Waals surface area contributed by atoms with Crippen LogP contribution in [-0.2, 0) is 16.1 Å². The van der Waals surface area contributed by atoms with Crippen molar-refractivity contribution >= 4 is 18.0 Å². The Morgan fingerprint density at radius 3 is 2.61 bits per heavy atom. The molecule has 0 radical (unpaired) electrons. The summed E-state index contributed by atoms with van der Waals surface area (Å²) in [4.78, 5) is 36.4. The third-order valence-corrected chi connectivity index (χ3v) is 5.52. The van der Waals surface area contributed by atoms with Crippen LogP contribution in [0.5, 0.6) is 0 Å². The highest BCUT2D eigenvalue weighted by Crippen LogP contribution is 2.23. The van der Waals surface area contributed by atoms with E-state index in [4.69, 9.17) is 4.74 Å². The van der Waals surface area contributed by atoms with Crippen molar-refractivity contribution in [1.29, 1.82) is 0 Å². The van der Waals surface area contributed by atoms with Crippen molar-refractivity contribution in [3.05, 3.63) is 11.6 Å². The topological polar surface area (TPSA) is 117 Å². The predicted molar refractivity (Wildman–Crippen MR) is 116 cm³/mol. The fraction of sp³-hybridized carbons (Fsp3) is 0.750. The van der Waals surface area contributed by atoms with Gasteiger partial charge in [0.25, 0.3) is 0 Å². The number of nitrogens with one attached hydrogen (secondary N) is 2. The maximum absolute atomic E-state index is 12.1. The lowest BCUT2D eigenvalue weighted by Gasteiger charge is -2.33. The van der Waals surface area contributed by atoms with Crippen LogP contribution in [0.4, 0.5) is 4.79 Å². The number of guanidine groups is 1. The first-order valence-corrected chi connectivity index (χ1v) is 11.0. The van der Waals surface area contributed by atoms with Gasteiger partial charge in [-0.3, -0.25) is 4.79 Å². The van der Waals surface area contributed by atoms with Gasteiger partial charge in [-0.15, -0.1) is 0 Å². The van der Waals surface area contributed by atoms with E-state index in [1.165, 1.54) is 4.90 Å². The van der Waals surface area contributed by atoms with E-state index in [1.54, 1.807) is 19.0 Å². The molecule has 1 aromatic heterocycles. The standard InChI is InChI=1S/C20H34N8O3/c1-5-31-20(30)27-11-8-15(9-12-27)23-19(21-13-17(29)26(3)4)24-16-7-6-10-28-18(16)22-14(2)25-28/h15-16H,5-13H2,1-4H3,(H2,21,23,24). The lowest BCUT2D eigenvalue weighted by molar-refractivity contribution is -0.127.